The van der Waals surface area contributed by atoms with E-state index in [2.05, 4.69) is 51.2 Å². The van der Waals surface area contributed by atoms with E-state index in [-0.39, 0.29) is 11.9 Å². The zero-order chi connectivity index (χ0) is 24.2. The van der Waals surface area contributed by atoms with Crippen LogP contribution in [0.2, 0.25) is 0 Å². The number of piperidine rings is 1. The standard InChI is InChI=1S/C27H34N6O2/c28-15-21-7-11-31(12-8-21)25-6-5-24(29-16-25)18-32-13-14-33(27(32)35)20-26(34)19-30-10-9-22-3-1-2-4-23(22)17-30/h1-6,16,21,26,34H,7-14,17-20H2/t26-/m1/s1. The third-order valence-electron chi connectivity index (χ3n) is 7.50. The second kappa shape index (κ2) is 10.6. The normalized spacial score (nSPS) is 20.1. The van der Waals surface area contributed by atoms with Crippen molar-refractivity contribution in [1.82, 2.24) is 19.7 Å². The van der Waals surface area contributed by atoms with E-state index >= 15 is 0 Å². The number of aliphatic hydroxyl groups excluding tert-OH is 1. The Balaban J connectivity index is 1.09. The lowest BCUT2D eigenvalue weighted by Crippen LogP contribution is -2.43. The van der Waals surface area contributed by atoms with Crippen LogP contribution in [0.3, 0.4) is 0 Å². The molecule has 3 aliphatic rings. The Bertz CT molecular complexity index is 1060. The number of nitrogens with zero attached hydrogens (tertiary/aromatic N) is 6. The van der Waals surface area contributed by atoms with Gasteiger partial charge in [0.1, 0.15) is 0 Å². The Kier molecular flexibility index (Phi) is 7.16. The number of hydrogen-bond donors (Lipinski definition) is 1. The average molecular weight is 475 g/mol. The molecule has 1 atom stereocenters. The van der Waals surface area contributed by atoms with Crippen LogP contribution < -0.4 is 4.90 Å². The molecule has 2 saturated heterocycles. The van der Waals surface area contributed by atoms with Gasteiger partial charge < -0.3 is 19.8 Å². The van der Waals surface area contributed by atoms with Crippen LogP contribution in [-0.2, 0) is 19.5 Å². The van der Waals surface area contributed by atoms with E-state index in [0.29, 0.717) is 32.7 Å². The lowest BCUT2D eigenvalue weighted by atomic mass is 9.98. The summed E-state index contributed by atoms with van der Waals surface area (Å²) in [6.07, 6.45) is 4.11. The first-order chi connectivity index (χ1) is 17.1. The molecule has 2 amide bonds. The predicted octanol–water partition coefficient (Wildman–Crippen LogP) is 2.48. The summed E-state index contributed by atoms with van der Waals surface area (Å²) in [4.78, 5) is 25.7. The highest BCUT2D eigenvalue weighted by Gasteiger charge is 2.31. The number of carbonyl (C=O) groups excluding carboxylic acids is 1. The molecule has 0 spiro atoms. The van der Waals surface area contributed by atoms with Crippen molar-refractivity contribution in [1.29, 1.82) is 5.26 Å². The van der Waals surface area contributed by atoms with E-state index in [1.807, 2.05) is 17.2 Å². The minimum Gasteiger partial charge on any atom is -0.390 e. The summed E-state index contributed by atoms with van der Waals surface area (Å²) in [6.45, 7) is 6.24. The van der Waals surface area contributed by atoms with Crippen molar-refractivity contribution < 1.29 is 9.90 Å². The van der Waals surface area contributed by atoms with Crippen molar-refractivity contribution in [3.8, 4) is 6.07 Å². The van der Waals surface area contributed by atoms with Crippen LogP contribution in [0.5, 0.6) is 0 Å². The Labute approximate surface area is 207 Å². The minimum absolute atomic E-state index is 0.0301. The summed E-state index contributed by atoms with van der Waals surface area (Å²) in [7, 11) is 0. The van der Waals surface area contributed by atoms with Gasteiger partial charge in [0.15, 0.2) is 0 Å². The summed E-state index contributed by atoms with van der Waals surface area (Å²) in [6, 6.07) is 14.9. The van der Waals surface area contributed by atoms with Gasteiger partial charge in [0.05, 0.1) is 36.3 Å². The van der Waals surface area contributed by atoms with Crippen molar-refractivity contribution in [2.45, 2.75) is 38.5 Å². The highest BCUT2D eigenvalue weighted by atomic mass is 16.3. The maximum absolute atomic E-state index is 12.9. The van der Waals surface area contributed by atoms with Gasteiger partial charge in [-0.25, -0.2) is 4.79 Å². The van der Waals surface area contributed by atoms with E-state index < -0.39 is 6.10 Å². The second-order valence-electron chi connectivity index (χ2n) is 9.96. The molecular weight excluding hydrogens is 440 g/mol. The monoisotopic (exact) mass is 474 g/mol. The quantitative estimate of drug-likeness (QED) is 0.664. The van der Waals surface area contributed by atoms with Crippen molar-refractivity contribution >= 4 is 11.7 Å². The van der Waals surface area contributed by atoms with Crippen LogP contribution in [0.4, 0.5) is 10.5 Å². The Morgan fingerprint density at radius 1 is 1.00 bits per heavy atom. The zero-order valence-corrected chi connectivity index (χ0v) is 20.2. The number of fused-ring (bicyclic) bond motifs is 1. The fourth-order valence-corrected chi connectivity index (χ4v) is 5.43. The largest absolute Gasteiger partial charge is 0.390 e. The first-order valence-electron chi connectivity index (χ1n) is 12.7. The highest BCUT2D eigenvalue weighted by molar-refractivity contribution is 5.76. The number of benzene rings is 1. The Hall–Kier alpha value is -3.15. The molecule has 0 unspecified atom stereocenters. The van der Waals surface area contributed by atoms with E-state index in [9.17, 15) is 9.90 Å². The number of carbonyl (C=O) groups is 1. The third kappa shape index (κ3) is 5.58. The molecule has 1 N–H and O–H groups in total. The molecule has 5 rings (SSSR count). The van der Waals surface area contributed by atoms with Gasteiger partial charge in [0.2, 0.25) is 0 Å². The topological polar surface area (TPSA) is 86.9 Å². The number of pyridine rings is 1. The molecule has 0 saturated carbocycles. The van der Waals surface area contributed by atoms with Crippen LogP contribution in [0.1, 0.15) is 29.7 Å². The zero-order valence-electron chi connectivity index (χ0n) is 20.2. The number of urea groups is 1. The highest BCUT2D eigenvalue weighted by Crippen LogP contribution is 2.23. The lowest BCUT2D eigenvalue weighted by Gasteiger charge is -2.31. The van der Waals surface area contributed by atoms with Crippen LogP contribution in [0.15, 0.2) is 42.6 Å². The number of aliphatic hydroxyl groups is 1. The van der Waals surface area contributed by atoms with E-state index in [1.165, 1.54) is 11.1 Å². The Morgan fingerprint density at radius 2 is 1.77 bits per heavy atom. The van der Waals surface area contributed by atoms with Gasteiger partial charge in [0.25, 0.3) is 0 Å². The number of β-amino-alcohol motifs (C(OH)–C–C–N with tert-alkyl or cyclic N) is 1. The molecule has 0 bridgehead atoms. The van der Waals surface area contributed by atoms with Crippen molar-refractivity contribution in [2.24, 2.45) is 5.92 Å². The number of rotatable bonds is 7. The van der Waals surface area contributed by atoms with Crippen LogP contribution in [0, 0.1) is 17.2 Å². The van der Waals surface area contributed by atoms with Gasteiger partial charge >= 0.3 is 6.03 Å². The van der Waals surface area contributed by atoms with Crippen LogP contribution in [-0.4, -0.2) is 82.7 Å². The molecule has 35 heavy (non-hydrogen) atoms. The van der Waals surface area contributed by atoms with E-state index in [4.69, 9.17) is 5.26 Å². The fraction of sp³-hybridized carbons (Fsp3) is 0.519. The lowest BCUT2D eigenvalue weighted by molar-refractivity contribution is 0.0812. The molecule has 184 valence electrons. The molecule has 1 aromatic carbocycles. The predicted molar refractivity (Wildman–Crippen MR) is 134 cm³/mol. The summed E-state index contributed by atoms with van der Waals surface area (Å²) < 4.78 is 0. The van der Waals surface area contributed by atoms with E-state index in [1.54, 1.807) is 4.90 Å². The molecular formula is C27H34N6O2. The molecule has 2 aromatic rings. The first-order valence-corrected chi connectivity index (χ1v) is 12.7. The van der Waals surface area contributed by atoms with Gasteiger partial charge in [-0.15, -0.1) is 0 Å². The molecule has 3 aliphatic heterocycles. The maximum atomic E-state index is 12.9. The van der Waals surface area contributed by atoms with Gasteiger partial charge in [-0.2, -0.15) is 5.26 Å². The average Bonchev–Trinajstić information content (AvgIpc) is 3.23. The molecule has 8 nitrogen and oxygen atoms in total. The number of anilines is 1. The third-order valence-corrected chi connectivity index (χ3v) is 7.50. The van der Waals surface area contributed by atoms with Crippen LogP contribution in [0.25, 0.3) is 0 Å². The Morgan fingerprint density at radius 3 is 2.51 bits per heavy atom. The molecule has 0 aliphatic carbocycles. The minimum atomic E-state index is -0.563. The van der Waals surface area contributed by atoms with Gasteiger partial charge in [-0.1, -0.05) is 24.3 Å². The summed E-state index contributed by atoms with van der Waals surface area (Å²) in [5.41, 5.74) is 4.67. The number of hydrogen-bond acceptors (Lipinski definition) is 6. The summed E-state index contributed by atoms with van der Waals surface area (Å²) >= 11 is 0. The molecule has 0 radical (unpaired) electrons. The molecule has 2 fully saturated rings. The molecule has 1 aromatic heterocycles. The molecule has 4 heterocycles. The number of aromatic nitrogens is 1. The fourth-order valence-electron chi connectivity index (χ4n) is 5.43. The van der Waals surface area contributed by atoms with Crippen molar-refractivity contribution in [3.63, 3.8) is 0 Å². The van der Waals surface area contributed by atoms with Gasteiger partial charge in [0, 0.05) is 58.3 Å². The smallest absolute Gasteiger partial charge is 0.320 e. The number of nitriles is 1. The SMILES string of the molecule is N#CC1CCN(c2ccc(CN3CCN(C[C@H](O)CN4CCc5ccccc5C4)C3=O)nc2)CC1. The van der Waals surface area contributed by atoms with Gasteiger partial charge in [-0.3, -0.25) is 9.88 Å². The van der Waals surface area contributed by atoms with Gasteiger partial charge in [-0.05, 0) is 42.5 Å². The summed E-state index contributed by atoms with van der Waals surface area (Å²) in [5, 5.41) is 19.8. The maximum Gasteiger partial charge on any atom is 0.320 e. The van der Waals surface area contributed by atoms with Crippen molar-refractivity contribution in [2.75, 3.05) is 50.7 Å². The molecule has 8 heteroatoms. The van der Waals surface area contributed by atoms with Crippen LogP contribution >= 0.6 is 0 Å². The second-order valence-corrected chi connectivity index (χ2v) is 9.96. The number of amides is 2. The summed E-state index contributed by atoms with van der Waals surface area (Å²) in [5.74, 6) is 0.165. The van der Waals surface area contributed by atoms with E-state index in [0.717, 1.165) is 56.8 Å². The van der Waals surface area contributed by atoms with Crippen molar-refractivity contribution in [3.05, 3.63) is 59.4 Å². The first kappa shape index (κ1) is 23.6.